The van der Waals surface area contributed by atoms with Crippen LogP contribution in [0.4, 0.5) is 0 Å². The standard InChI is InChI=1S/C9H11NOS/c1-3-8(11)7-5-4-6-9(10-7)12-2/h4-6H,3H2,1-2H3. The molecule has 64 valence electrons. The van der Waals surface area contributed by atoms with Gasteiger partial charge in [0.25, 0.3) is 0 Å². The first kappa shape index (κ1) is 9.26. The van der Waals surface area contributed by atoms with Crippen molar-refractivity contribution in [2.45, 2.75) is 18.4 Å². The summed E-state index contributed by atoms with van der Waals surface area (Å²) in [6, 6.07) is 5.52. The Bertz CT molecular complexity index is 286. The van der Waals surface area contributed by atoms with E-state index in [9.17, 15) is 4.79 Å². The number of hydrogen-bond donors (Lipinski definition) is 0. The average molecular weight is 181 g/mol. The van der Waals surface area contributed by atoms with Gasteiger partial charge in [-0.2, -0.15) is 0 Å². The van der Waals surface area contributed by atoms with Crippen LogP contribution < -0.4 is 0 Å². The molecule has 0 aliphatic heterocycles. The van der Waals surface area contributed by atoms with E-state index in [2.05, 4.69) is 4.98 Å². The van der Waals surface area contributed by atoms with Crippen LogP contribution >= 0.6 is 11.8 Å². The highest BCUT2D eigenvalue weighted by Gasteiger charge is 2.03. The number of carbonyl (C=O) groups is 1. The third kappa shape index (κ3) is 2.08. The van der Waals surface area contributed by atoms with Crippen molar-refractivity contribution in [2.75, 3.05) is 6.26 Å². The van der Waals surface area contributed by atoms with E-state index in [0.717, 1.165) is 5.03 Å². The molecule has 0 saturated heterocycles. The molecule has 0 bridgehead atoms. The van der Waals surface area contributed by atoms with Gasteiger partial charge in [-0.05, 0) is 18.4 Å². The first-order valence-corrected chi connectivity index (χ1v) is 5.04. The Kier molecular flexibility index (Phi) is 3.29. The molecule has 0 fully saturated rings. The maximum Gasteiger partial charge on any atom is 0.180 e. The molecule has 1 aromatic heterocycles. The third-order valence-electron chi connectivity index (χ3n) is 1.54. The highest BCUT2D eigenvalue weighted by Crippen LogP contribution is 2.11. The lowest BCUT2D eigenvalue weighted by molar-refractivity contribution is 0.0983. The monoisotopic (exact) mass is 181 g/mol. The molecule has 0 amide bonds. The number of thioether (sulfide) groups is 1. The van der Waals surface area contributed by atoms with Gasteiger partial charge >= 0.3 is 0 Å². The number of ketones is 1. The predicted molar refractivity (Wildman–Crippen MR) is 50.6 cm³/mol. The van der Waals surface area contributed by atoms with Crippen LogP contribution in [-0.2, 0) is 0 Å². The van der Waals surface area contributed by atoms with Crippen molar-refractivity contribution in [2.24, 2.45) is 0 Å². The second kappa shape index (κ2) is 4.26. The molecule has 0 spiro atoms. The van der Waals surface area contributed by atoms with Gasteiger partial charge in [0.05, 0.1) is 5.03 Å². The summed E-state index contributed by atoms with van der Waals surface area (Å²) in [6.07, 6.45) is 2.47. The molecule has 0 saturated carbocycles. The molecule has 0 aliphatic rings. The van der Waals surface area contributed by atoms with E-state index in [1.165, 1.54) is 0 Å². The van der Waals surface area contributed by atoms with Crippen molar-refractivity contribution in [1.29, 1.82) is 0 Å². The van der Waals surface area contributed by atoms with Crippen LogP contribution in [0.1, 0.15) is 23.8 Å². The first-order valence-electron chi connectivity index (χ1n) is 3.82. The van der Waals surface area contributed by atoms with Gasteiger partial charge in [-0.25, -0.2) is 4.98 Å². The van der Waals surface area contributed by atoms with Gasteiger partial charge in [0, 0.05) is 6.42 Å². The minimum Gasteiger partial charge on any atom is -0.292 e. The summed E-state index contributed by atoms with van der Waals surface area (Å²) >= 11 is 1.55. The van der Waals surface area contributed by atoms with Gasteiger partial charge in [-0.1, -0.05) is 13.0 Å². The number of hydrogen-bond acceptors (Lipinski definition) is 3. The molecule has 0 atom stereocenters. The Hall–Kier alpha value is -0.830. The number of rotatable bonds is 3. The second-order valence-corrected chi connectivity index (χ2v) is 3.17. The minimum absolute atomic E-state index is 0.103. The van der Waals surface area contributed by atoms with Gasteiger partial charge < -0.3 is 0 Å². The Morgan fingerprint density at radius 2 is 2.33 bits per heavy atom. The maximum absolute atomic E-state index is 11.2. The fourth-order valence-electron chi connectivity index (χ4n) is 0.865. The van der Waals surface area contributed by atoms with Crippen molar-refractivity contribution in [3.8, 4) is 0 Å². The van der Waals surface area contributed by atoms with Crippen molar-refractivity contribution in [1.82, 2.24) is 4.98 Å². The topological polar surface area (TPSA) is 30.0 Å². The quantitative estimate of drug-likeness (QED) is 0.529. The van der Waals surface area contributed by atoms with Gasteiger partial charge in [0.15, 0.2) is 5.78 Å². The van der Waals surface area contributed by atoms with Crippen LogP contribution in [0.5, 0.6) is 0 Å². The summed E-state index contributed by atoms with van der Waals surface area (Å²) in [5, 5.41) is 0.898. The van der Waals surface area contributed by atoms with Crippen molar-refractivity contribution >= 4 is 17.5 Å². The number of nitrogens with zero attached hydrogens (tertiary/aromatic N) is 1. The third-order valence-corrected chi connectivity index (χ3v) is 2.19. The molecule has 2 nitrogen and oxygen atoms in total. The van der Waals surface area contributed by atoms with Gasteiger partial charge in [-0.3, -0.25) is 4.79 Å². The Labute approximate surface area is 76.4 Å². The zero-order chi connectivity index (χ0) is 8.97. The van der Waals surface area contributed by atoms with E-state index >= 15 is 0 Å². The van der Waals surface area contributed by atoms with Crippen LogP contribution in [0.2, 0.25) is 0 Å². The predicted octanol–water partition coefficient (Wildman–Crippen LogP) is 2.40. The molecule has 12 heavy (non-hydrogen) atoms. The summed E-state index contributed by atoms with van der Waals surface area (Å²) in [6.45, 7) is 1.84. The number of carbonyl (C=O) groups excluding carboxylic acids is 1. The Morgan fingerprint density at radius 1 is 1.58 bits per heavy atom. The molecule has 1 heterocycles. The zero-order valence-electron chi connectivity index (χ0n) is 7.20. The van der Waals surface area contributed by atoms with E-state index in [0.29, 0.717) is 12.1 Å². The molecule has 3 heteroatoms. The van der Waals surface area contributed by atoms with Crippen molar-refractivity contribution < 1.29 is 4.79 Å². The molecule has 0 aromatic carbocycles. The summed E-state index contributed by atoms with van der Waals surface area (Å²) in [7, 11) is 0. The molecule has 0 aliphatic carbocycles. The van der Waals surface area contributed by atoms with E-state index in [1.807, 2.05) is 25.3 Å². The molecule has 0 unspecified atom stereocenters. The smallest absolute Gasteiger partial charge is 0.180 e. The highest BCUT2D eigenvalue weighted by molar-refractivity contribution is 7.98. The number of pyridine rings is 1. The summed E-state index contributed by atoms with van der Waals surface area (Å²) in [5.41, 5.74) is 0.573. The van der Waals surface area contributed by atoms with Crippen LogP contribution in [0.25, 0.3) is 0 Å². The lowest BCUT2D eigenvalue weighted by atomic mass is 10.2. The van der Waals surface area contributed by atoms with E-state index < -0.39 is 0 Å². The van der Waals surface area contributed by atoms with Crippen LogP contribution in [0, 0.1) is 0 Å². The van der Waals surface area contributed by atoms with Crippen molar-refractivity contribution in [3.05, 3.63) is 23.9 Å². The molecule has 0 radical (unpaired) electrons. The number of Topliss-reactive ketones (excluding diaryl/α,β-unsaturated/α-hetero) is 1. The zero-order valence-corrected chi connectivity index (χ0v) is 8.02. The normalized spacial score (nSPS) is 9.83. The number of aromatic nitrogens is 1. The molecule has 1 rings (SSSR count). The summed E-state index contributed by atoms with van der Waals surface area (Å²) in [5.74, 6) is 0.103. The SMILES string of the molecule is CCC(=O)c1cccc(SC)n1. The summed E-state index contributed by atoms with van der Waals surface area (Å²) < 4.78 is 0. The van der Waals surface area contributed by atoms with Crippen LogP contribution in [-0.4, -0.2) is 17.0 Å². The van der Waals surface area contributed by atoms with E-state index in [-0.39, 0.29) is 5.78 Å². The second-order valence-electron chi connectivity index (χ2n) is 2.34. The Morgan fingerprint density at radius 3 is 2.92 bits per heavy atom. The van der Waals surface area contributed by atoms with Crippen LogP contribution in [0.3, 0.4) is 0 Å². The first-order chi connectivity index (χ1) is 5.77. The van der Waals surface area contributed by atoms with Crippen LogP contribution in [0.15, 0.2) is 23.2 Å². The maximum atomic E-state index is 11.2. The summed E-state index contributed by atoms with van der Waals surface area (Å²) in [4.78, 5) is 15.4. The molecular formula is C9H11NOS. The van der Waals surface area contributed by atoms with Crippen molar-refractivity contribution in [3.63, 3.8) is 0 Å². The minimum atomic E-state index is 0.103. The largest absolute Gasteiger partial charge is 0.292 e. The molecule has 0 N–H and O–H groups in total. The highest BCUT2D eigenvalue weighted by atomic mass is 32.2. The molecule has 1 aromatic rings. The van der Waals surface area contributed by atoms with E-state index in [1.54, 1.807) is 17.8 Å². The fourth-order valence-corrected chi connectivity index (χ4v) is 1.27. The Balaban J connectivity index is 2.93. The van der Waals surface area contributed by atoms with Gasteiger partial charge in [-0.15, -0.1) is 11.8 Å². The van der Waals surface area contributed by atoms with Gasteiger partial charge in [0.2, 0.25) is 0 Å². The molecular weight excluding hydrogens is 170 g/mol. The lowest BCUT2D eigenvalue weighted by Crippen LogP contribution is -1.99. The van der Waals surface area contributed by atoms with Gasteiger partial charge in [0.1, 0.15) is 5.69 Å². The average Bonchev–Trinajstić information content (AvgIpc) is 2.17. The lowest BCUT2D eigenvalue weighted by Gasteiger charge is -1.98. The van der Waals surface area contributed by atoms with E-state index in [4.69, 9.17) is 0 Å². The fraction of sp³-hybridized carbons (Fsp3) is 0.333.